The fourth-order valence-electron chi connectivity index (χ4n) is 1.82. The third kappa shape index (κ3) is 2.75. The summed E-state index contributed by atoms with van der Waals surface area (Å²) in [4.78, 5) is 0. The zero-order chi connectivity index (χ0) is 10.7. The van der Waals surface area contributed by atoms with E-state index in [4.69, 9.17) is 0 Å². The number of rotatable bonds is 5. The van der Waals surface area contributed by atoms with Crippen molar-refractivity contribution >= 4 is 0 Å². The van der Waals surface area contributed by atoms with E-state index in [1.807, 2.05) is 6.92 Å². The molecule has 13 heavy (non-hydrogen) atoms. The maximum absolute atomic E-state index is 3.91. The van der Waals surface area contributed by atoms with Gasteiger partial charge in [-0.15, -0.1) is 0 Å². The average molecular weight is 183 g/mol. The molecule has 0 aromatic rings. The normalized spacial score (nSPS) is 12.8. The Morgan fingerprint density at radius 1 is 1.15 bits per heavy atom. The van der Waals surface area contributed by atoms with Crippen molar-refractivity contribution in [3.05, 3.63) is 12.3 Å². The highest BCUT2D eigenvalue weighted by atomic mass is 15.0. The highest BCUT2D eigenvalue weighted by molar-refractivity contribution is 5.01. The van der Waals surface area contributed by atoms with Crippen molar-refractivity contribution in [3.63, 3.8) is 0 Å². The molecule has 1 heteroatoms. The van der Waals surface area contributed by atoms with Crippen LogP contribution in [0.4, 0.5) is 0 Å². The molecule has 0 aliphatic carbocycles. The van der Waals surface area contributed by atoms with Crippen LogP contribution in [0.3, 0.4) is 0 Å². The van der Waals surface area contributed by atoms with Gasteiger partial charge in [-0.2, -0.15) is 0 Å². The summed E-state index contributed by atoms with van der Waals surface area (Å²) in [7, 11) is 0. The molecule has 0 spiro atoms. The van der Waals surface area contributed by atoms with Crippen molar-refractivity contribution < 1.29 is 0 Å². The van der Waals surface area contributed by atoms with E-state index in [9.17, 15) is 0 Å². The zero-order valence-corrected chi connectivity index (χ0v) is 10.1. The van der Waals surface area contributed by atoms with Gasteiger partial charge in [0.1, 0.15) is 0 Å². The van der Waals surface area contributed by atoms with E-state index in [-0.39, 0.29) is 5.54 Å². The van der Waals surface area contributed by atoms with Crippen molar-refractivity contribution in [3.8, 4) is 0 Å². The molecule has 0 atom stereocenters. The minimum atomic E-state index is 0.127. The quantitative estimate of drug-likeness (QED) is 0.685. The summed E-state index contributed by atoms with van der Waals surface area (Å²) in [6, 6.07) is 0. The predicted octanol–water partition coefficient (Wildman–Crippen LogP) is 3.71. The van der Waals surface area contributed by atoms with Gasteiger partial charge in [0, 0.05) is 11.2 Å². The van der Waals surface area contributed by atoms with Crippen LogP contribution in [0, 0.1) is 5.41 Å². The van der Waals surface area contributed by atoms with E-state index in [1.165, 1.54) is 12.8 Å². The van der Waals surface area contributed by atoms with Crippen LogP contribution >= 0.6 is 0 Å². The highest BCUT2D eigenvalue weighted by Gasteiger charge is 2.37. The Kier molecular flexibility index (Phi) is 4.02. The first-order valence-corrected chi connectivity index (χ1v) is 5.22. The van der Waals surface area contributed by atoms with Crippen LogP contribution in [0.5, 0.6) is 0 Å². The third-order valence-corrected chi connectivity index (χ3v) is 3.60. The molecule has 1 nitrogen and oxygen atoms in total. The van der Waals surface area contributed by atoms with Gasteiger partial charge in [0.2, 0.25) is 0 Å². The van der Waals surface area contributed by atoms with Crippen LogP contribution in [0.1, 0.15) is 54.4 Å². The van der Waals surface area contributed by atoms with Crippen LogP contribution in [0.2, 0.25) is 0 Å². The lowest BCUT2D eigenvalue weighted by Gasteiger charge is -2.45. The molecule has 0 aromatic carbocycles. The van der Waals surface area contributed by atoms with Crippen molar-refractivity contribution in [2.75, 3.05) is 0 Å². The Morgan fingerprint density at radius 2 is 1.54 bits per heavy atom. The lowest BCUT2D eigenvalue weighted by Crippen LogP contribution is -2.51. The van der Waals surface area contributed by atoms with Gasteiger partial charge in [0.15, 0.2) is 0 Å². The second-order valence-corrected chi connectivity index (χ2v) is 4.80. The second kappa shape index (κ2) is 4.17. The van der Waals surface area contributed by atoms with E-state index in [0.717, 1.165) is 5.70 Å². The van der Waals surface area contributed by atoms with Crippen molar-refractivity contribution in [1.29, 1.82) is 0 Å². The molecule has 0 radical (unpaired) electrons. The average Bonchev–Trinajstić information content (AvgIpc) is 2.00. The summed E-state index contributed by atoms with van der Waals surface area (Å²) in [5.74, 6) is 0. The number of nitrogens with one attached hydrogen (secondary N) is 1. The number of allylic oxidation sites excluding steroid dienone is 1. The first-order valence-electron chi connectivity index (χ1n) is 5.22. The van der Waals surface area contributed by atoms with E-state index < -0.39 is 0 Å². The van der Waals surface area contributed by atoms with Crippen LogP contribution in [-0.2, 0) is 0 Å². The van der Waals surface area contributed by atoms with Crippen LogP contribution in [-0.4, -0.2) is 5.54 Å². The smallest absolute Gasteiger partial charge is 0.0367 e. The molecule has 0 aliphatic rings. The SMILES string of the molecule is C=C(C)NC(C)(C)C(C)(CC)CC. The minimum Gasteiger partial charge on any atom is -0.384 e. The topological polar surface area (TPSA) is 12.0 Å². The molecule has 0 saturated heterocycles. The molecule has 0 aliphatic heterocycles. The molecule has 0 bridgehead atoms. The maximum atomic E-state index is 3.91. The molecule has 0 unspecified atom stereocenters. The van der Waals surface area contributed by atoms with Gasteiger partial charge in [-0.1, -0.05) is 27.4 Å². The predicted molar refractivity (Wildman–Crippen MR) is 60.7 cm³/mol. The van der Waals surface area contributed by atoms with E-state index in [2.05, 4.69) is 46.5 Å². The van der Waals surface area contributed by atoms with E-state index in [1.54, 1.807) is 0 Å². The summed E-state index contributed by atoms with van der Waals surface area (Å²) < 4.78 is 0. The minimum absolute atomic E-state index is 0.127. The van der Waals surface area contributed by atoms with Gasteiger partial charge in [-0.25, -0.2) is 0 Å². The summed E-state index contributed by atoms with van der Waals surface area (Å²) in [5.41, 5.74) is 1.52. The van der Waals surface area contributed by atoms with Gasteiger partial charge in [-0.3, -0.25) is 0 Å². The Hall–Kier alpha value is -0.460. The molecule has 0 amide bonds. The Labute approximate surface area is 83.6 Å². The lowest BCUT2D eigenvalue weighted by molar-refractivity contribution is 0.131. The highest BCUT2D eigenvalue weighted by Crippen LogP contribution is 2.37. The zero-order valence-electron chi connectivity index (χ0n) is 10.1. The van der Waals surface area contributed by atoms with Crippen LogP contribution in [0.15, 0.2) is 12.3 Å². The maximum Gasteiger partial charge on any atom is 0.0367 e. The van der Waals surface area contributed by atoms with Crippen LogP contribution in [0.25, 0.3) is 0 Å². The molecule has 0 fully saturated rings. The fourth-order valence-corrected chi connectivity index (χ4v) is 1.82. The molecule has 0 rings (SSSR count). The Balaban J connectivity index is 4.66. The van der Waals surface area contributed by atoms with Crippen molar-refractivity contribution in [2.24, 2.45) is 5.41 Å². The van der Waals surface area contributed by atoms with Crippen molar-refractivity contribution in [2.45, 2.75) is 59.9 Å². The molecule has 0 heterocycles. The van der Waals surface area contributed by atoms with Crippen LogP contribution < -0.4 is 5.32 Å². The number of hydrogen-bond donors (Lipinski definition) is 1. The molecular formula is C12H25N. The largest absolute Gasteiger partial charge is 0.384 e. The molecule has 1 N–H and O–H groups in total. The molecule has 0 aromatic heterocycles. The van der Waals surface area contributed by atoms with Gasteiger partial charge >= 0.3 is 0 Å². The summed E-state index contributed by atoms with van der Waals surface area (Å²) in [6.07, 6.45) is 2.38. The number of hydrogen-bond acceptors (Lipinski definition) is 1. The first-order chi connectivity index (χ1) is 5.79. The van der Waals surface area contributed by atoms with Gasteiger partial charge in [0.05, 0.1) is 0 Å². The Bertz CT molecular complexity index is 176. The molecular weight excluding hydrogens is 158 g/mol. The molecule has 0 saturated carbocycles. The summed E-state index contributed by atoms with van der Waals surface area (Å²) in [6.45, 7) is 17.3. The third-order valence-electron chi connectivity index (χ3n) is 3.60. The summed E-state index contributed by atoms with van der Waals surface area (Å²) >= 11 is 0. The monoisotopic (exact) mass is 183 g/mol. The van der Waals surface area contributed by atoms with Gasteiger partial charge in [-0.05, 0) is 39.0 Å². The first kappa shape index (κ1) is 12.5. The Morgan fingerprint density at radius 3 is 1.77 bits per heavy atom. The van der Waals surface area contributed by atoms with Gasteiger partial charge in [0.25, 0.3) is 0 Å². The lowest BCUT2D eigenvalue weighted by atomic mass is 9.69. The van der Waals surface area contributed by atoms with E-state index in [0.29, 0.717) is 5.41 Å². The fraction of sp³-hybridized carbons (Fsp3) is 0.833. The van der Waals surface area contributed by atoms with E-state index >= 15 is 0 Å². The second-order valence-electron chi connectivity index (χ2n) is 4.80. The summed E-state index contributed by atoms with van der Waals surface area (Å²) in [5, 5.41) is 3.47. The van der Waals surface area contributed by atoms with Gasteiger partial charge < -0.3 is 5.32 Å². The standard InChI is InChI=1S/C12H25N/c1-8-12(7,9-2)11(5,6)13-10(3)4/h13H,3,8-9H2,1-2,4-7H3. The van der Waals surface area contributed by atoms with Crippen molar-refractivity contribution in [1.82, 2.24) is 5.32 Å². The molecule has 78 valence electrons.